The molecule has 1 unspecified atom stereocenters. The molecule has 1 saturated carbocycles. The predicted octanol–water partition coefficient (Wildman–Crippen LogP) is 1.05. The van der Waals surface area contributed by atoms with Crippen molar-refractivity contribution in [3.05, 3.63) is 11.6 Å². The summed E-state index contributed by atoms with van der Waals surface area (Å²) in [5.74, 6) is 1.84. The van der Waals surface area contributed by atoms with Crippen LogP contribution in [0.1, 0.15) is 38.3 Å². The minimum absolute atomic E-state index is 0.154. The Hall–Kier alpha value is -1.41. The van der Waals surface area contributed by atoms with Crippen LogP contribution in [0.25, 0.3) is 0 Å². The fourth-order valence-electron chi connectivity index (χ4n) is 1.82. The molecule has 5 heteroatoms. The molecule has 2 rings (SSSR count). The number of rotatable bonds is 6. The number of nitriles is 1. The summed E-state index contributed by atoms with van der Waals surface area (Å²) in [6.45, 7) is 4.71. The van der Waals surface area contributed by atoms with Crippen LogP contribution in [-0.2, 0) is 19.4 Å². The van der Waals surface area contributed by atoms with Crippen LogP contribution in [0.15, 0.2) is 0 Å². The molecule has 0 aromatic carbocycles. The average molecular weight is 233 g/mol. The first-order valence-electron chi connectivity index (χ1n) is 6.35. The van der Waals surface area contributed by atoms with E-state index in [0.717, 1.165) is 24.5 Å². The average Bonchev–Trinajstić information content (AvgIpc) is 3.07. The molecule has 0 bridgehead atoms. The lowest BCUT2D eigenvalue weighted by Gasteiger charge is -2.11. The highest BCUT2D eigenvalue weighted by molar-refractivity contribution is 4.99. The van der Waals surface area contributed by atoms with Gasteiger partial charge in [0.05, 0.1) is 12.6 Å². The Morgan fingerprint density at radius 3 is 2.76 bits per heavy atom. The van der Waals surface area contributed by atoms with Crippen molar-refractivity contribution in [2.45, 2.75) is 58.2 Å². The SMILES string of the molecule is CCc1nc(CC)n(CC(C#N)NC2CC2)n1. The standard InChI is InChI=1S/C12H19N5/c1-3-11-15-12(4-2)17(16-11)8-10(7-13)14-9-5-6-9/h9-10,14H,3-6,8H2,1-2H3. The summed E-state index contributed by atoms with van der Waals surface area (Å²) in [5, 5.41) is 16.9. The van der Waals surface area contributed by atoms with Gasteiger partial charge in [-0.3, -0.25) is 5.32 Å². The smallest absolute Gasteiger partial charge is 0.150 e. The van der Waals surface area contributed by atoms with Gasteiger partial charge in [0.2, 0.25) is 0 Å². The molecule has 1 aromatic heterocycles. The Balaban J connectivity index is 2.04. The molecule has 1 aliphatic rings. The maximum absolute atomic E-state index is 9.12. The molecule has 92 valence electrons. The minimum Gasteiger partial charge on any atom is -0.298 e. The van der Waals surface area contributed by atoms with E-state index in [2.05, 4.69) is 28.4 Å². The lowest BCUT2D eigenvalue weighted by Crippen LogP contribution is -2.34. The largest absolute Gasteiger partial charge is 0.298 e. The molecule has 0 amide bonds. The molecule has 1 aliphatic carbocycles. The Morgan fingerprint density at radius 1 is 1.47 bits per heavy atom. The van der Waals surface area contributed by atoms with Crippen LogP contribution in [0, 0.1) is 11.3 Å². The van der Waals surface area contributed by atoms with E-state index in [4.69, 9.17) is 5.26 Å². The van der Waals surface area contributed by atoms with Crippen molar-refractivity contribution in [1.29, 1.82) is 5.26 Å². The monoisotopic (exact) mass is 233 g/mol. The maximum atomic E-state index is 9.12. The molecular weight excluding hydrogens is 214 g/mol. The van der Waals surface area contributed by atoms with Crippen LogP contribution in [0.5, 0.6) is 0 Å². The van der Waals surface area contributed by atoms with Gasteiger partial charge in [-0.25, -0.2) is 9.67 Å². The first kappa shape index (κ1) is 12.1. The second-order valence-electron chi connectivity index (χ2n) is 4.46. The van der Waals surface area contributed by atoms with Gasteiger partial charge in [0.1, 0.15) is 11.9 Å². The van der Waals surface area contributed by atoms with Gasteiger partial charge in [0.25, 0.3) is 0 Å². The van der Waals surface area contributed by atoms with E-state index >= 15 is 0 Å². The van der Waals surface area contributed by atoms with Crippen molar-refractivity contribution in [2.24, 2.45) is 0 Å². The van der Waals surface area contributed by atoms with Crippen molar-refractivity contribution >= 4 is 0 Å². The topological polar surface area (TPSA) is 66.5 Å². The quantitative estimate of drug-likeness (QED) is 0.797. The highest BCUT2D eigenvalue weighted by Gasteiger charge is 2.25. The van der Waals surface area contributed by atoms with Crippen LogP contribution in [0.3, 0.4) is 0 Å². The number of hydrogen-bond acceptors (Lipinski definition) is 4. The van der Waals surface area contributed by atoms with E-state index in [1.807, 2.05) is 11.6 Å². The van der Waals surface area contributed by atoms with Crippen molar-refractivity contribution in [3.8, 4) is 6.07 Å². The Bertz CT molecular complexity index is 413. The van der Waals surface area contributed by atoms with Gasteiger partial charge in [-0.05, 0) is 12.8 Å². The maximum Gasteiger partial charge on any atom is 0.150 e. The molecule has 1 atom stereocenters. The molecule has 0 radical (unpaired) electrons. The molecule has 1 heterocycles. The van der Waals surface area contributed by atoms with Gasteiger partial charge in [0, 0.05) is 18.9 Å². The fraction of sp³-hybridized carbons (Fsp3) is 0.750. The van der Waals surface area contributed by atoms with E-state index in [1.165, 1.54) is 12.8 Å². The lowest BCUT2D eigenvalue weighted by molar-refractivity contribution is 0.474. The number of hydrogen-bond donors (Lipinski definition) is 1. The van der Waals surface area contributed by atoms with Gasteiger partial charge in [-0.15, -0.1) is 0 Å². The second kappa shape index (κ2) is 5.28. The van der Waals surface area contributed by atoms with Crippen LogP contribution < -0.4 is 5.32 Å². The second-order valence-corrected chi connectivity index (χ2v) is 4.46. The number of aryl methyl sites for hydroxylation is 2. The van der Waals surface area contributed by atoms with Crippen LogP contribution in [-0.4, -0.2) is 26.8 Å². The minimum atomic E-state index is -0.154. The summed E-state index contributed by atoms with van der Waals surface area (Å²) in [6.07, 6.45) is 4.08. The first-order chi connectivity index (χ1) is 8.26. The zero-order valence-electron chi connectivity index (χ0n) is 10.5. The van der Waals surface area contributed by atoms with E-state index in [9.17, 15) is 0 Å². The van der Waals surface area contributed by atoms with Crippen LogP contribution >= 0.6 is 0 Å². The molecule has 0 spiro atoms. The van der Waals surface area contributed by atoms with Crippen molar-refractivity contribution in [3.63, 3.8) is 0 Å². The third kappa shape index (κ3) is 3.04. The van der Waals surface area contributed by atoms with Crippen molar-refractivity contribution in [2.75, 3.05) is 0 Å². The summed E-state index contributed by atoms with van der Waals surface area (Å²) in [5.41, 5.74) is 0. The molecule has 0 aliphatic heterocycles. The van der Waals surface area contributed by atoms with E-state index < -0.39 is 0 Å². The third-order valence-electron chi connectivity index (χ3n) is 2.95. The summed E-state index contributed by atoms with van der Waals surface area (Å²) in [7, 11) is 0. The van der Waals surface area contributed by atoms with Gasteiger partial charge in [-0.1, -0.05) is 13.8 Å². The number of nitrogens with zero attached hydrogens (tertiary/aromatic N) is 4. The van der Waals surface area contributed by atoms with Gasteiger partial charge < -0.3 is 0 Å². The highest BCUT2D eigenvalue weighted by Crippen LogP contribution is 2.19. The number of aromatic nitrogens is 3. The van der Waals surface area contributed by atoms with Crippen molar-refractivity contribution in [1.82, 2.24) is 20.1 Å². The molecule has 1 aromatic rings. The van der Waals surface area contributed by atoms with Gasteiger partial charge >= 0.3 is 0 Å². The zero-order valence-corrected chi connectivity index (χ0v) is 10.5. The fourth-order valence-corrected chi connectivity index (χ4v) is 1.82. The van der Waals surface area contributed by atoms with E-state index in [1.54, 1.807) is 0 Å². The van der Waals surface area contributed by atoms with Gasteiger partial charge in [-0.2, -0.15) is 10.4 Å². The molecule has 1 fully saturated rings. The molecule has 5 nitrogen and oxygen atoms in total. The Morgan fingerprint density at radius 2 is 2.24 bits per heavy atom. The van der Waals surface area contributed by atoms with E-state index in [-0.39, 0.29) is 6.04 Å². The molecule has 17 heavy (non-hydrogen) atoms. The zero-order chi connectivity index (χ0) is 12.3. The highest BCUT2D eigenvalue weighted by atomic mass is 15.4. The van der Waals surface area contributed by atoms with Crippen LogP contribution in [0.4, 0.5) is 0 Å². The summed E-state index contributed by atoms with van der Waals surface area (Å²) in [4.78, 5) is 4.44. The van der Waals surface area contributed by atoms with Gasteiger partial charge in [0.15, 0.2) is 5.82 Å². The summed E-state index contributed by atoms with van der Waals surface area (Å²) >= 11 is 0. The normalized spacial score (nSPS) is 16.8. The third-order valence-corrected chi connectivity index (χ3v) is 2.95. The number of nitrogens with one attached hydrogen (secondary N) is 1. The van der Waals surface area contributed by atoms with Crippen molar-refractivity contribution < 1.29 is 0 Å². The lowest BCUT2D eigenvalue weighted by atomic mass is 10.3. The first-order valence-corrected chi connectivity index (χ1v) is 6.35. The summed E-state index contributed by atoms with van der Waals surface area (Å²) in [6, 6.07) is 2.69. The molecule has 1 N–H and O–H groups in total. The van der Waals surface area contributed by atoms with E-state index in [0.29, 0.717) is 12.6 Å². The summed E-state index contributed by atoms with van der Waals surface area (Å²) < 4.78 is 1.88. The predicted molar refractivity (Wildman–Crippen MR) is 64.3 cm³/mol. The Kier molecular flexibility index (Phi) is 3.75. The molecule has 0 saturated heterocycles. The molecular formula is C12H19N5. The Labute approximate surface area is 102 Å². The van der Waals surface area contributed by atoms with Crippen LogP contribution in [0.2, 0.25) is 0 Å².